The zero-order valence-electron chi connectivity index (χ0n) is 24.2. The number of methoxy groups -OCH3 is 1. The average molecular weight is 596 g/mol. The molecule has 1 aromatic heterocycles. The molecule has 0 spiro atoms. The standard InChI is InChI=1S/C34H30ClN3O5/c1-5-42-29-17-22(13-14-28(29)43-34(40)23-9-8-10-24(18-23)41-4)19-36-38-33(39)32-30(25-11-6-7-12-27(25)35)26-16-20(2)15-21(3)31(26)37-32/h6-19,37H,5H2,1-4H3,(H,38,39). The lowest BCUT2D eigenvalue weighted by Crippen LogP contribution is -2.19. The molecule has 2 N–H and O–H groups in total. The second kappa shape index (κ2) is 12.8. The number of fused-ring (bicyclic) bond motifs is 1. The van der Waals surface area contributed by atoms with Gasteiger partial charge in [0.1, 0.15) is 11.4 Å². The van der Waals surface area contributed by atoms with Crippen molar-refractivity contribution in [2.45, 2.75) is 20.8 Å². The minimum Gasteiger partial charge on any atom is -0.497 e. The van der Waals surface area contributed by atoms with Gasteiger partial charge in [0.25, 0.3) is 5.91 Å². The maximum absolute atomic E-state index is 13.4. The largest absolute Gasteiger partial charge is 0.497 e. The third-order valence-electron chi connectivity index (χ3n) is 6.77. The van der Waals surface area contributed by atoms with Crippen LogP contribution < -0.4 is 19.6 Å². The number of aromatic nitrogens is 1. The van der Waals surface area contributed by atoms with Crippen molar-refractivity contribution in [1.82, 2.24) is 10.4 Å². The Morgan fingerprint density at radius 1 is 0.977 bits per heavy atom. The van der Waals surface area contributed by atoms with Crippen molar-refractivity contribution in [3.05, 3.63) is 112 Å². The molecular formula is C34H30ClN3O5. The van der Waals surface area contributed by atoms with Gasteiger partial charge in [0.15, 0.2) is 11.5 Å². The quantitative estimate of drug-likeness (QED) is 0.0795. The van der Waals surface area contributed by atoms with E-state index in [-0.39, 0.29) is 5.75 Å². The van der Waals surface area contributed by atoms with Crippen LogP contribution >= 0.6 is 11.6 Å². The second-order valence-corrected chi connectivity index (χ2v) is 10.2. The van der Waals surface area contributed by atoms with Crippen LogP contribution in [0.2, 0.25) is 5.02 Å². The number of halogens is 1. The lowest BCUT2D eigenvalue weighted by atomic mass is 9.99. The number of hydrogen-bond donors (Lipinski definition) is 2. The third-order valence-corrected chi connectivity index (χ3v) is 7.10. The summed E-state index contributed by atoms with van der Waals surface area (Å²) in [5.74, 6) is 0.185. The lowest BCUT2D eigenvalue weighted by Gasteiger charge is -2.12. The Balaban J connectivity index is 1.39. The number of ether oxygens (including phenoxy) is 3. The van der Waals surface area contributed by atoms with Crippen LogP contribution in [0.5, 0.6) is 17.2 Å². The van der Waals surface area contributed by atoms with E-state index in [1.54, 1.807) is 48.5 Å². The number of aryl methyl sites for hydroxylation is 2. The molecule has 43 heavy (non-hydrogen) atoms. The molecule has 0 aliphatic heterocycles. The summed E-state index contributed by atoms with van der Waals surface area (Å²) in [5.41, 5.74) is 8.34. The first kappa shape index (κ1) is 29.4. The molecule has 0 aliphatic carbocycles. The normalized spacial score (nSPS) is 11.1. The molecule has 1 amide bonds. The highest BCUT2D eigenvalue weighted by molar-refractivity contribution is 6.34. The van der Waals surface area contributed by atoms with Crippen LogP contribution in [-0.4, -0.2) is 36.8 Å². The number of amides is 1. The zero-order valence-corrected chi connectivity index (χ0v) is 24.9. The highest BCUT2D eigenvalue weighted by Crippen LogP contribution is 2.38. The molecular weight excluding hydrogens is 566 g/mol. The summed E-state index contributed by atoms with van der Waals surface area (Å²) in [6, 6.07) is 23.2. The smallest absolute Gasteiger partial charge is 0.343 e. The number of hydrazone groups is 1. The number of hydrogen-bond acceptors (Lipinski definition) is 6. The molecule has 0 saturated heterocycles. The van der Waals surface area contributed by atoms with E-state index in [1.807, 2.05) is 45.0 Å². The van der Waals surface area contributed by atoms with Gasteiger partial charge in [-0.2, -0.15) is 5.10 Å². The van der Waals surface area contributed by atoms with Crippen LogP contribution in [0.3, 0.4) is 0 Å². The van der Waals surface area contributed by atoms with Crippen LogP contribution in [0, 0.1) is 13.8 Å². The van der Waals surface area contributed by atoms with Gasteiger partial charge in [-0.15, -0.1) is 0 Å². The minimum absolute atomic E-state index is 0.254. The topological polar surface area (TPSA) is 102 Å². The van der Waals surface area contributed by atoms with Crippen LogP contribution in [-0.2, 0) is 0 Å². The van der Waals surface area contributed by atoms with E-state index in [0.717, 1.165) is 27.6 Å². The number of H-pyrrole nitrogens is 1. The Bertz CT molecular complexity index is 1860. The van der Waals surface area contributed by atoms with Gasteiger partial charge in [-0.05, 0) is 80.4 Å². The van der Waals surface area contributed by atoms with Gasteiger partial charge in [-0.3, -0.25) is 4.79 Å². The number of rotatable bonds is 9. The number of aromatic amines is 1. The van der Waals surface area contributed by atoms with Gasteiger partial charge in [0, 0.05) is 27.1 Å². The Kier molecular flexibility index (Phi) is 8.78. The van der Waals surface area contributed by atoms with E-state index in [1.165, 1.54) is 13.3 Å². The Hall–Kier alpha value is -5.08. The van der Waals surface area contributed by atoms with E-state index in [9.17, 15) is 9.59 Å². The van der Waals surface area contributed by atoms with Crippen LogP contribution in [0.25, 0.3) is 22.0 Å². The molecule has 0 unspecified atom stereocenters. The molecule has 0 radical (unpaired) electrons. The molecule has 0 atom stereocenters. The molecule has 9 heteroatoms. The molecule has 0 saturated carbocycles. The number of carbonyl (C=O) groups excluding carboxylic acids is 2. The van der Waals surface area contributed by atoms with Crippen LogP contribution in [0.4, 0.5) is 0 Å². The Morgan fingerprint density at radius 3 is 2.56 bits per heavy atom. The summed E-state index contributed by atoms with van der Waals surface area (Å²) in [4.78, 5) is 29.5. The van der Waals surface area contributed by atoms with Crippen molar-refractivity contribution in [1.29, 1.82) is 0 Å². The SMILES string of the molecule is CCOc1cc(C=NNC(=O)c2[nH]c3c(C)cc(C)cc3c2-c2ccccc2Cl)ccc1OC(=O)c1cccc(OC)c1. The van der Waals surface area contributed by atoms with Crippen LogP contribution in [0.15, 0.2) is 84.0 Å². The molecule has 218 valence electrons. The number of benzene rings is 4. The molecule has 0 bridgehead atoms. The molecule has 0 fully saturated rings. The third kappa shape index (κ3) is 6.39. The first-order valence-electron chi connectivity index (χ1n) is 13.6. The van der Waals surface area contributed by atoms with E-state index in [0.29, 0.717) is 45.5 Å². The van der Waals surface area contributed by atoms with Crippen molar-refractivity contribution in [3.8, 4) is 28.4 Å². The van der Waals surface area contributed by atoms with Crippen molar-refractivity contribution in [2.24, 2.45) is 5.10 Å². The van der Waals surface area contributed by atoms with E-state index >= 15 is 0 Å². The monoisotopic (exact) mass is 595 g/mol. The maximum Gasteiger partial charge on any atom is 0.343 e. The fourth-order valence-corrected chi connectivity index (χ4v) is 5.08. The lowest BCUT2D eigenvalue weighted by molar-refractivity contribution is 0.0727. The molecule has 8 nitrogen and oxygen atoms in total. The molecule has 1 heterocycles. The Labute approximate surface area is 254 Å². The van der Waals surface area contributed by atoms with Gasteiger partial charge >= 0.3 is 5.97 Å². The molecule has 5 rings (SSSR count). The fourth-order valence-electron chi connectivity index (χ4n) is 4.85. The van der Waals surface area contributed by atoms with Crippen molar-refractivity contribution in [2.75, 3.05) is 13.7 Å². The molecule has 4 aromatic carbocycles. The first-order valence-corrected chi connectivity index (χ1v) is 14.0. The van der Waals surface area contributed by atoms with E-state index in [4.69, 9.17) is 25.8 Å². The highest BCUT2D eigenvalue weighted by Gasteiger charge is 2.22. The summed E-state index contributed by atoms with van der Waals surface area (Å²) in [7, 11) is 1.53. The van der Waals surface area contributed by atoms with Gasteiger partial charge in [-0.1, -0.05) is 47.5 Å². The number of nitrogens with zero attached hydrogens (tertiary/aromatic N) is 1. The van der Waals surface area contributed by atoms with Crippen LogP contribution in [0.1, 0.15) is 44.5 Å². The first-order chi connectivity index (χ1) is 20.8. The molecule has 0 aliphatic rings. The summed E-state index contributed by atoms with van der Waals surface area (Å²) in [6.45, 7) is 6.19. The zero-order chi connectivity index (χ0) is 30.5. The summed E-state index contributed by atoms with van der Waals surface area (Å²) in [5, 5.41) is 5.63. The van der Waals surface area contributed by atoms with Crippen molar-refractivity contribution >= 4 is 40.6 Å². The number of nitrogens with one attached hydrogen (secondary N) is 2. The maximum atomic E-state index is 13.4. The van der Waals surface area contributed by atoms with Crippen molar-refractivity contribution in [3.63, 3.8) is 0 Å². The van der Waals surface area contributed by atoms with E-state index in [2.05, 4.69) is 21.6 Å². The van der Waals surface area contributed by atoms with Gasteiger partial charge in [0.2, 0.25) is 0 Å². The fraction of sp³-hybridized carbons (Fsp3) is 0.147. The second-order valence-electron chi connectivity index (χ2n) is 9.82. The number of esters is 1. The van der Waals surface area contributed by atoms with Gasteiger partial charge in [-0.25, -0.2) is 10.2 Å². The highest BCUT2D eigenvalue weighted by atomic mass is 35.5. The number of carbonyl (C=O) groups is 2. The predicted molar refractivity (Wildman–Crippen MR) is 169 cm³/mol. The summed E-state index contributed by atoms with van der Waals surface area (Å²) in [6.07, 6.45) is 1.49. The van der Waals surface area contributed by atoms with Gasteiger partial charge < -0.3 is 19.2 Å². The molecule has 5 aromatic rings. The summed E-state index contributed by atoms with van der Waals surface area (Å²) < 4.78 is 16.5. The predicted octanol–water partition coefficient (Wildman–Crippen LogP) is 7.50. The van der Waals surface area contributed by atoms with Gasteiger partial charge in [0.05, 0.1) is 25.5 Å². The summed E-state index contributed by atoms with van der Waals surface area (Å²) >= 11 is 6.57. The average Bonchev–Trinajstić information content (AvgIpc) is 3.38. The van der Waals surface area contributed by atoms with E-state index < -0.39 is 11.9 Å². The van der Waals surface area contributed by atoms with Crippen molar-refractivity contribution < 1.29 is 23.8 Å². The minimum atomic E-state index is -0.549. The Morgan fingerprint density at radius 2 is 1.79 bits per heavy atom.